The molecule has 3 saturated carbocycles. The summed E-state index contributed by atoms with van der Waals surface area (Å²) in [5.41, 5.74) is 18.4. The first-order chi connectivity index (χ1) is 33.6. The molecule has 0 heterocycles. The van der Waals surface area contributed by atoms with E-state index in [1.807, 2.05) is 26.0 Å². The second kappa shape index (κ2) is 27.4. The number of nitrogen functional groups attached to an aromatic ring is 2. The van der Waals surface area contributed by atoms with Crippen LogP contribution in [0.25, 0.3) is 0 Å². The Labute approximate surface area is 507 Å². The summed E-state index contributed by atoms with van der Waals surface area (Å²) in [7, 11) is 0. The Hall–Kier alpha value is 0.530. The van der Waals surface area contributed by atoms with Crippen LogP contribution < -0.4 is 11.5 Å². The van der Waals surface area contributed by atoms with Gasteiger partial charge in [0, 0.05) is 40.9 Å². The molecule has 2 unspecified atom stereocenters. The van der Waals surface area contributed by atoms with Crippen molar-refractivity contribution in [1.82, 2.24) is 0 Å². The molecule has 0 aromatic heterocycles. The fourth-order valence-electron chi connectivity index (χ4n) is 13.1. The number of ether oxygens (including phenoxy) is 4. The third-order valence-electron chi connectivity index (χ3n) is 17.4. The van der Waals surface area contributed by atoms with Gasteiger partial charge < -0.3 is 30.4 Å². The average Bonchev–Trinajstić information content (AvgIpc) is 3.69. The topological polar surface area (TPSA) is 140 Å². The van der Waals surface area contributed by atoms with Gasteiger partial charge in [0.15, 0.2) is 0 Å². The maximum atomic E-state index is 13.7. The van der Waals surface area contributed by atoms with Crippen molar-refractivity contribution in [3.8, 4) is 0 Å². The highest BCUT2D eigenvalue weighted by Gasteiger charge is 2.59. The molecule has 0 radical (unpaired) electrons. The molecule has 396 valence electrons. The Morgan fingerprint density at radius 1 is 0.732 bits per heavy atom. The van der Waals surface area contributed by atoms with Crippen LogP contribution >= 0.6 is 136 Å². The van der Waals surface area contributed by atoms with Crippen molar-refractivity contribution in [2.45, 2.75) is 170 Å². The summed E-state index contributed by atoms with van der Waals surface area (Å²) in [4.78, 5) is 40.8. The van der Waals surface area contributed by atoms with Gasteiger partial charge in [-0.05, 0) is 282 Å². The van der Waals surface area contributed by atoms with Gasteiger partial charge >= 0.3 is 17.9 Å². The van der Waals surface area contributed by atoms with E-state index in [0.717, 1.165) is 87.3 Å². The summed E-state index contributed by atoms with van der Waals surface area (Å²) in [6, 6.07) is 4.08. The molecule has 0 amide bonds. The Kier molecular flexibility index (Phi) is 23.5. The van der Waals surface area contributed by atoms with Crippen LogP contribution in [0.1, 0.15) is 156 Å². The molecule has 4 N–H and O–H groups in total. The zero-order valence-corrected chi connectivity index (χ0v) is 55.9. The van der Waals surface area contributed by atoms with Gasteiger partial charge in [0.05, 0.1) is 23.2 Å². The molecule has 15 heteroatoms. The number of carbonyl (C=O) groups is 3. The molecule has 6 rings (SSSR count). The molecule has 9 nitrogen and oxygen atoms in total. The zero-order chi connectivity index (χ0) is 51.9. The predicted molar refractivity (Wildman–Crippen MR) is 337 cm³/mol. The van der Waals surface area contributed by atoms with E-state index in [0.29, 0.717) is 48.9 Å². The Morgan fingerprint density at radius 3 is 1.86 bits per heavy atom. The molecule has 0 aliphatic heterocycles. The van der Waals surface area contributed by atoms with E-state index >= 15 is 0 Å². The highest BCUT2D eigenvalue weighted by atomic mass is 127. The average molecular weight is 1650 g/mol. The van der Waals surface area contributed by atoms with Gasteiger partial charge in [-0.2, -0.15) is 0 Å². The molecule has 71 heavy (non-hydrogen) atoms. The number of hydrogen-bond acceptors (Lipinski definition) is 9. The van der Waals surface area contributed by atoms with Crippen LogP contribution in [0.15, 0.2) is 23.8 Å². The smallest absolute Gasteiger partial charge is 0.309 e. The number of carbonyl (C=O) groups excluding carboxylic acids is 3. The van der Waals surface area contributed by atoms with E-state index in [1.54, 1.807) is 0 Å². The van der Waals surface area contributed by atoms with Gasteiger partial charge in [0.2, 0.25) is 0 Å². The van der Waals surface area contributed by atoms with Crippen LogP contribution in [0.2, 0.25) is 0 Å². The van der Waals surface area contributed by atoms with Crippen molar-refractivity contribution in [3.63, 3.8) is 0 Å². The Bertz CT molecular complexity index is 2150. The van der Waals surface area contributed by atoms with Gasteiger partial charge in [0.25, 0.3) is 0 Å². The van der Waals surface area contributed by atoms with E-state index in [4.69, 9.17) is 30.4 Å². The van der Waals surface area contributed by atoms with Gasteiger partial charge in [-0.15, -0.1) is 0 Å². The lowest BCUT2D eigenvalue weighted by molar-refractivity contribution is -0.160. The van der Waals surface area contributed by atoms with Gasteiger partial charge in [-0.25, -0.2) is 0 Å². The predicted octanol–water partition coefficient (Wildman–Crippen LogP) is 15.5. The van der Waals surface area contributed by atoms with E-state index in [-0.39, 0.29) is 55.7 Å². The zero-order valence-electron chi connectivity index (χ0n) is 42.9. The first-order valence-electron chi connectivity index (χ1n) is 26.3. The second-order valence-corrected chi connectivity index (χ2v) is 29.0. The number of anilines is 2. The molecule has 0 spiro atoms. The monoisotopic (exact) mass is 1650 g/mol. The number of nitrogens with two attached hydrogens (primary N) is 2. The molecule has 0 bridgehead atoms. The molecular weight excluding hydrogens is 1570 g/mol. The minimum atomic E-state index is -0.721. The lowest BCUT2D eigenvalue weighted by Crippen LogP contribution is -2.51. The van der Waals surface area contributed by atoms with Crippen LogP contribution in [-0.4, -0.2) is 49.9 Å². The summed E-state index contributed by atoms with van der Waals surface area (Å²) >= 11 is 13.6. The maximum Gasteiger partial charge on any atom is 0.309 e. The van der Waals surface area contributed by atoms with Crippen LogP contribution in [0.5, 0.6) is 0 Å². The Morgan fingerprint density at radius 2 is 1.31 bits per heavy atom. The third-order valence-corrected chi connectivity index (χ3v) is 23.6. The van der Waals surface area contributed by atoms with Gasteiger partial charge in [0.1, 0.15) is 25.4 Å². The summed E-state index contributed by atoms with van der Waals surface area (Å²) in [5.74, 6) is 3.07. The quantitative estimate of drug-likeness (QED) is 0.0278. The first kappa shape index (κ1) is 60.8. The van der Waals surface area contributed by atoms with Gasteiger partial charge in [-0.3, -0.25) is 14.4 Å². The molecule has 2 aromatic rings. The number of halogens is 6. The molecule has 4 aliphatic carbocycles. The van der Waals surface area contributed by atoms with Crippen molar-refractivity contribution >= 4 is 165 Å². The normalized spacial score (nSPS) is 26.6. The first-order valence-corrected chi connectivity index (χ1v) is 32.8. The number of hydrogen-bond donors (Lipinski definition) is 2. The Balaban J connectivity index is 1.03. The molecule has 0 saturated heterocycles. The van der Waals surface area contributed by atoms with Crippen molar-refractivity contribution in [3.05, 3.63) is 56.3 Å². The second-order valence-electron chi connectivity index (χ2n) is 22.2. The van der Waals surface area contributed by atoms with Crippen molar-refractivity contribution in [1.29, 1.82) is 0 Å². The van der Waals surface area contributed by atoms with Crippen LogP contribution in [0.3, 0.4) is 0 Å². The summed E-state index contributed by atoms with van der Waals surface area (Å²) in [6.45, 7) is 16.5. The summed E-state index contributed by atoms with van der Waals surface area (Å²) in [5, 5.41) is 0. The summed E-state index contributed by atoms with van der Waals surface area (Å²) < 4.78 is 30.4. The standard InChI is InChI=1S/C56H78I6N2O7/c1-8-33(24-39-44(57)27-46(59)51(63)49(39)61)53(66)69-29-37(30-70-54(67)34(9-2)25-40-45(58)28-47(60)52(64)50(40)62)68-23-11-14-48(65)71-36-19-21-55(6)35(26-36)15-16-38-42-18-17-41(32(5)13-10-12-31(3)4)56(42,7)22-20-43(38)55/h15,27-28,31-34,36-38,41-43H,8-14,16-26,29-30,63-64H2,1-7H3/t32-,33?,34?,36+,37?,38+,41-,42+,43+,55+,56-/m1/s1. The van der Waals surface area contributed by atoms with E-state index in [9.17, 15) is 14.4 Å². The van der Waals surface area contributed by atoms with Crippen LogP contribution in [0, 0.1) is 79.6 Å². The van der Waals surface area contributed by atoms with E-state index in [2.05, 4.69) is 176 Å². The van der Waals surface area contributed by atoms with Crippen molar-refractivity contribution in [2.24, 2.45) is 58.2 Å². The summed E-state index contributed by atoms with van der Waals surface area (Å²) in [6.07, 6.45) is 18.1. The van der Waals surface area contributed by atoms with Crippen LogP contribution in [0.4, 0.5) is 11.4 Å². The number of benzene rings is 2. The lowest BCUT2D eigenvalue weighted by Gasteiger charge is -2.58. The third kappa shape index (κ3) is 14.8. The molecule has 10 atom stereocenters. The number of rotatable bonds is 23. The molecule has 2 aromatic carbocycles. The van der Waals surface area contributed by atoms with Crippen molar-refractivity contribution < 1.29 is 33.3 Å². The molecule has 3 fully saturated rings. The maximum absolute atomic E-state index is 13.7. The van der Waals surface area contributed by atoms with Gasteiger partial charge in [-0.1, -0.05) is 79.4 Å². The molecular formula is C56H78I6N2O7. The van der Waals surface area contributed by atoms with Crippen LogP contribution in [-0.2, 0) is 46.2 Å². The minimum Gasteiger partial charge on any atom is -0.463 e. The fraction of sp³-hybridized carbons (Fsp3) is 0.696. The number of fused-ring (bicyclic) bond motifs is 5. The lowest BCUT2D eigenvalue weighted by atomic mass is 9.47. The minimum absolute atomic E-state index is 0.0910. The van der Waals surface area contributed by atoms with E-state index < -0.39 is 17.9 Å². The largest absolute Gasteiger partial charge is 0.463 e. The van der Waals surface area contributed by atoms with Crippen molar-refractivity contribution in [2.75, 3.05) is 31.3 Å². The SMILES string of the molecule is CCC(Cc1c(I)cc(I)c(N)c1I)C(=O)OCC(COC(=O)C(CC)Cc1c(I)cc(I)c(N)c1I)OCCCC(=O)O[C@H]1CC[C@@]2(C)C(=CC[C@H]3[C@@H]4CC[C@H]([C@H](C)CCCC(C)C)[C@@]4(C)CC[C@@H]32)C1. The fourth-order valence-corrected chi connectivity index (χ4v) is 20.8. The highest BCUT2D eigenvalue weighted by Crippen LogP contribution is 2.67. The van der Waals surface area contributed by atoms with E-state index in [1.165, 1.54) is 56.9 Å². The molecule has 4 aliphatic rings. The number of esters is 3. The number of allylic oxidation sites excluding steroid dienone is 1. The highest BCUT2D eigenvalue weighted by molar-refractivity contribution is 14.1.